The molecule has 5 heterocycles. The second-order valence-corrected chi connectivity index (χ2v) is 8.66. The summed E-state index contributed by atoms with van der Waals surface area (Å²) in [5.41, 5.74) is 1.05. The molecular formula is C20H19ClN8O2. The molecule has 0 aromatic carbocycles. The fourth-order valence-corrected chi connectivity index (χ4v) is 4.91. The van der Waals surface area contributed by atoms with Gasteiger partial charge in [0.15, 0.2) is 11.5 Å². The number of halogens is 1. The van der Waals surface area contributed by atoms with Gasteiger partial charge in [-0.3, -0.25) is 9.36 Å². The lowest BCUT2D eigenvalue weighted by Gasteiger charge is -2.20. The van der Waals surface area contributed by atoms with Crippen LogP contribution >= 0.6 is 11.6 Å². The quantitative estimate of drug-likeness (QED) is 0.474. The Balaban J connectivity index is 1.18. The SMILES string of the molecule is Cc1nn(C)c2ncn(Cc3nc(C4C5CN(c6cc(Cl)ccn6)C[C@@H]54)no3)c(=O)c12. The molecule has 11 heteroatoms. The van der Waals surface area contributed by atoms with Gasteiger partial charge >= 0.3 is 0 Å². The highest BCUT2D eigenvalue weighted by Crippen LogP contribution is 2.57. The molecule has 0 bridgehead atoms. The first-order valence-corrected chi connectivity index (χ1v) is 10.4. The van der Waals surface area contributed by atoms with E-state index >= 15 is 0 Å². The number of rotatable bonds is 4. The Hall–Kier alpha value is -3.27. The number of aryl methyl sites for hydroxylation is 2. The zero-order valence-electron chi connectivity index (χ0n) is 16.9. The highest BCUT2D eigenvalue weighted by molar-refractivity contribution is 6.30. The van der Waals surface area contributed by atoms with Crippen LogP contribution in [-0.2, 0) is 13.6 Å². The van der Waals surface area contributed by atoms with Crippen LogP contribution in [0.4, 0.5) is 5.82 Å². The van der Waals surface area contributed by atoms with Crippen molar-refractivity contribution in [2.75, 3.05) is 18.0 Å². The second kappa shape index (κ2) is 6.61. The molecule has 4 aromatic rings. The Bertz CT molecular complexity index is 1360. The van der Waals surface area contributed by atoms with Crippen molar-refractivity contribution in [3.63, 3.8) is 0 Å². The molecule has 0 amide bonds. The van der Waals surface area contributed by atoms with Gasteiger partial charge in [0.2, 0.25) is 5.89 Å². The summed E-state index contributed by atoms with van der Waals surface area (Å²) in [6.45, 7) is 3.78. The number of hydrogen-bond acceptors (Lipinski definition) is 8. The van der Waals surface area contributed by atoms with Crippen molar-refractivity contribution in [3.05, 3.63) is 57.4 Å². The van der Waals surface area contributed by atoms with E-state index in [2.05, 4.69) is 30.1 Å². The minimum Gasteiger partial charge on any atom is -0.356 e. The third-order valence-electron chi connectivity index (χ3n) is 6.30. The molecular weight excluding hydrogens is 420 g/mol. The first kappa shape index (κ1) is 18.5. The molecule has 10 nitrogen and oxygen atoms in total. The number of anilines is 1. The van der Waals surface area contributed by atoms with Gasteiger partial charge in [-0.15, -0.1) is 0 Å². The predicted molar refractivity (Wildman–Crippen MR) is 112 cm³/mol. The van der Waals surface area contributed by atoms with E-state index in [0.717, 1.165) is 18.9 Å². The Morgan fingerprint density at radius 1 is 1.26 bits per heavy atom. The molecule has 3 atom stereocenters. The molecule has 0 radical (unpaired) electrons. The predicted octanol–water partition coefficient (Wildman–Crippen LogP) is 1.77. The average Bonchev–Trinajstić information content (AvgIpc) is 3.12. The molecule has 2 aliphatic rings. The summed E-state index contributed by atoms with van der Waals surface area (Å²) in [5, 5.41) is 9.66. The number of piperidine rings is 1. The van der Waals surface area contributed by atoms with E-state index in [4.69, 9.17) is 16.1 Å². The lowest BCUT2D eigenvalue weighted by Crippen LogP contribution is -2.24. The monoisotopic (exact) mass is 438 g/mol. The van der Waals surface area contributed by atoms with Crippen LogP contribution in [0, 0.1) is 18.8 Å². The van der Waals surface area contributed by atoms with Crippen molar-refractivity contribution >= 4 is 28.5 Å². The van der Waals surface area contributed by atoms with Gasteiger partial charge in [-0.25, -0.2) is 14.6 Å². The lowest BCUT2D eigenvalue weighted by atomic mass is 10.2. The van der Waals surface area contributed by atoms with Crippen molar-refractivity contribution < 1.29 is 4.52 Å². The molecule has 4 aromatic heterocycles. The van der Waals surface area contributed by atoms with Crippen LogP contribution in [0.2, 0.25) is 5.02 Å². The summed E-state index contributed by atoms with van der Waals surface area (Å²) in [6, 6.07) is 3.67. The molecule has 1 aliphatic carbocycles. The van der Waals surface area contributed by atoms with E-state index in [-0.39, 0.29) is 18.0 Å². The Morgan fingerprint density at radius 3 is 2.84 bits per heavy atom. The van der Waals surface area contributed by atoms with Crippen molar-refractivity contribution in [3.8, 4) is 0 Å². The van der Waals surface area contributed by atoms with E-state index in [1.165, 1.54) is 10.9 Å². The maximum atomic E-state index is 12.8. The smallest absolute Gasteiger partial charge is 0.265 e. The van der Waals surface area contributed by atoms with Gasteiger partial charge in [0.25, 0.3) is 5.56 Å². The van der Waals surface area contributed by atoms with Gasteiger partial charge in [-0.2, -0.15) is 10.1 Å². The van der Waals surface area contributed by atoms with Crippen molar-refractivity contribution in [2.24, 2.45) is 18.9 Å². The highest BCUT2D eigenvalue weighted by Gasteiger charge is 2.58. The molecule has 1 saturated heterocycles. The summed E-state index contributed by atoms with van der Waals surface area (Å²) in [7, 11) is 1.77. The highest BCUT2D eigenvalue weighted by atomic mass is 35.5. The number of pyridine rings is 1. The normalized spacial score (nSPS) is 22.3. The first-order valence-electron chi connectivity index (χ1n) is 10.1. The molecule has 1 saturated carbocycles. The number of fused-ring (bicyclic) bond motifs is 2. The molecule has 0 N–H and O–H groups in total. The van der Waals surface area contributed by atoms with E-state index in [1.807, 2.05) is 6.07 Å². The maximum absolute atomic E-state index is 12.8. The number of aromatic nitrogens is 7. The van der Waals surface area contributed by atoms with Gasteiger partial charge in [0.05, 0.1) is 5.69 Å². The van der Waals surface area contributed by atoms with Gasteiger partial charge in [0, 0.05) is 37.3 Å². The van der Waals surface area contributed by atoms with E-state index < -0.39 is 0 Å². The zero-order chi connectivity index (χ0) is 21.3. The van der Waals surface area contributed by atoms with Crippen molar-refractivity contribution in [2.45, 2.75) is 19.4 Å². The van der Waals surface area contributed by atoms with Crippen LogP contribution in [-0.4, -0.2) is 47.5 Å². The van der Waals surface area contributed by atoms with Crippen LogP contribution in [0.25, 0.3) is 11.0 Å². The topological polar surface area (TPSA) is 108 Å². The minimum absolute atomic E-state index is 0.164. The summed E-state index contributed by atoms with van der Waals surface area (Å²) >= 11 is 6.09. The van der Waals surface area contributed by atoms with E-state index in [1.54, 1.807) is 30.9 Å². The Morgan fingerprint density at radius 2 is 2.06 bits per heavy atom. The van der Waals surface area contributed by atoms with Crippen LogP contribution in [0.3, 0.4) is 0 Å². The zero-order valence-corrected chi connectivity index (χ0v) is 17.7. The summed E-state index contributed by atoms with van der Waals surface area (Å²) in [4.78, 5) is 28.4. The van der Waals surface area contributed by atoms with Gasteiger partial charge in [-0.1, -0.05) is 16.8 Å². The van der Waals surface area contributed by atoms with Crippen LogP contribution in [0.15, 0.2) is 34.0 Å². The molecule has 6 rings (SSSR count). The van der Waals surface area contributed by atoms with Gasteiger partial charge in [-0.05, 0) is 30.9 Å². The largest absolute Gasteiger partial charge is 0.356 e. The van der Waals surface area contributed by atoms with Crippen molar-refractivity contribution in [1.82, 2.24) is 34.5 Å². The first-order chi connectivity index (χ1) is 15.0. The molecule has 2 fully saturated rings. The Kier molecular flexibility index (Phi) is 3.95. The Labute approximate surface area is 181 Å². The summed E-state index contributed by atoms with van der Waals surface area (Å²) in [5.74, 6) is 3.25. The van der Waals surface area contributed by atoms with E-state index in [9.17, 15) is 4.79 Å². The standard InChI is InChI=1S/C20H19ClN8O2/c1-10-16-19(27(2)25-10)23-9-29(20(16)30)8-15-24-18(26-31-15)17-12-6-28(7-13(12)17)14-5-11(21)3-4-22-14/h3-5,9,12-13,17H,6-8H2,1-2H3/t12-,13?,17?/m0/s1. The molecule has 158 valence electrons. The van der Waals surface area contributed by atoms with Crippen molar-refractivity contribution in [1.29, 1.82) is 0 Å². The fourth-order valence-electron chi connectivity index (χ4n) is 4.75. The molecule has 0 spiro atoms. The molecule has 2 unspecified atom stereocenters. The van der Waals surface area contributed by atoms with Gasteiger partial charge < -0.3 is 9.42 Å². The fraction of sp³-hybridized carbons (Fsp3) is 0.400. The van der Waals surface area contributed by atoms with E-state index in [0.29, 0.717) is 45.3 Å². The van der Waals surface area contributed by atoms with Gasteiger partial charge in [0.1, 0.15) is 24.1 Å². The summed E-state index contributed by atoms with van der Waals surface area (Å²) < 4.78 is 8.54. The van der Waals surface area contributed by atoms with Crippen LogP contribution < -0.4 is 10.5 Å². The number of nitrogens with zero attached hydrogens (tertiary/aromatic N) is 8. The molecule has 1 aliphatic heterocycles. The number of hydrogen-bond donors (Lipinski definition) is 0. The second-order valence-electron chi connectivity index (χ2n) is 8.22. The third kappa shape index (κ3) is 2.93. The molecule has 31 heavy (non-hydrogen) atoms. The van der Waals surface area contributed by atoms with Crippen LogP contribution in [0.5, 0.6) is 0 Å². The summed E-state index contributed by atoms with van der Waals surface area (Å²) in [6.07, 6.45) is 3.23. The maximum Gasteiger partial charge on any atom is 0.265 e. The average molecular weight is 439 g/mol. The van der Waals surface area contributed by atoms with Crippen LogP contribution in [0.1, 0.15) is 23.3 Å². The lowest BCUT2D eigenvalue weighted by molar-refractivity contribution is 0.363. The minimum atomic E-state index is -0.164. The third-order valence-corrected chi connectivity index (χ3v) is 6.53.